The number of thiazole rings is 1. The molecule has 1 aromatic heterocycles. The van der Waals surface area contributed by atoms with Gasteiger partial charge in [0.05, 0.1) is 24.9 Å². The Kier molecular flexibility index (Phi) is 6.85. The minimum atomic E-state index is -0.303. The third-order valence-electron chi connectivity index (χ3n) is 3.52. The number of nitrogens with zero attached hydrogens (tertiary/aromatic N) is 2. The number of ether oxygens (including phenoxy) is 1. The van der Waals surface area contributed by atoms with Crippen molar-refractivity contribution in [2.75, 3.05) is 17.3 Å². The minimum absolute atomic E-state index is 0.138. The second kappa shape index (κ2) is 9.10. The van der Waals surface area contributed by atoms with E-state index in [2.05, 4.69) is 20.8 Å². The van der Waals surface area contributed by atoms with Gasteiger partial charge in [0.25, 0.3) is 0 Å². The van der Waals surface area contributed by atoms with Crippen molar-refractivity contribution in [2.24, 2.45) is 5.10 Å². The molecule has 7 nitrogen and oxygen atoms in total. The fourth-order valence-corrected chi connectivity index (χ4v) is 2.86. The molecule has 2 aromatic rings. The monoisotopic (exact) mass is 374 g/mol. The Labute approximate surface area is 156 Å². The van der Waals surface area contributed by atoms with Gasteiger partial charge < -0.3 is 10.1 Å². The molecule has 2 N–H and O–H groups in total. The molecule has 0 saturated heterocycles. The van der Waals surface area contributed by atoms with Gasteiger partial charge in [-0.05, 0) is 44.0 Å². The van der Waals surface area contributed by atoms with Crippen LogP contribution in [0, 0.1) is 13.8 Å². The van der Waals surface area contributed by atoms with Crippen LogP contribution in [0.1, 0.15) is 36.2 Å². The van der Waals surface area contributed by atoms with E-state index in [9.17, 15) is 9.59 Å². The number of anilines is 2. The van der Waals surface area contributed by atoms with Gasteiger partial charge in [0.15, 0.2) is 0 Å². The maximum atomic E-state index is 11.5. The highest BCUT2D eigenvalue weighted by atomic mass is 32.1. The standard InChI is InChI=1S/C18H22N4O3S/c1-5-25-17(24)8-15-10-26-18(21-15)22-19-9-14-6-11(2)12(3)7-16(14)20-13(4)23/h6-7,9-10H,5,8H2,1-4H3,(H,20,23)(H,21,22). The maximum absolute atomic E-state index is 11.5. The summed E-state index contributed by atoms with van der Waals surface area (Å²) in [5.41, 5.74) is 7.16. The van der Waals surface area contributed by atoms with Crippen molar-refractivity contribution in [3.8, 4) is 0 Å². The predicted molar refractivity (Wildman–Crippen MR) is 104 cm³/mol. The van der Waals surface area contributed by atoms with Gasteiger partial charge in [0.1, 0.15) is 0 Å². The number of aryl methyl sites for hydroxylation is 2. The third-order valence-corrected chi connectivity index (χ3v) is 4.32. The molecule has 2 rings (SSSR count). The van der Waals surface area contributed by atoms with E-state index in [0.29, 0.717) is 23.1 Å². The number of nitrogens with one attached hydrogen (secondary N) is 2. The quantitative estimate of drug-likeness (QED) is 0.441. The van der Waals surface area contributed by atoms with Crippen molar-refractivity contribution in [2.45, 2.75) is 34.1 Å². The first-order valence-electron chi connectivity index (χ1n) is 8.17. The zero-order chi connectivity index (χ0) is 19.1. The zero-order valence-corrected chi connectivity index (χ0v) is 16.1. The highest BCUT2D eigenvalue weighted by molar-refractivity contribution is 7.13. The molecule has 0 fully saturated rings. The summed E-state index contributed by atoms with van der Waals surface area (Å²) >= 11 is 1.35. The summed E-state index contributed by atoms with van der Waals surface area (Å²) in [6.45, 7) is 7.57. The van der Waals surface area contributed by atoms with E-state index in [1.165, 1.54) is 18.3 Å². The molecule has 0 bridgehead atoms. The SMILES string of the molecule is CCOC(=O)Cc1csc(NN=Cc2cc(C)c(C)cc2NC(C)=O)n1. The lowest BCUT2D eigenvalue weighted by Crippen LogP contribution is -2.09. The molecule has 0 aliphatic heterocycles. The maximum Gasteiger partial charge on any atom is 0.311 e. The first-order valence-corrected chi connectivity index (χ1v) is 9.05. The predicted octanol–water partition coefficient (Wildman–Crippen LogP) is 3.27. The number of rotatable bonds is 7. The Morgan fingerprint density at radius 1 is 1.31 bits per heavy atom. The summed E-state index contributed by atoms with van der Waals surface area (Å²) in [6, 6.07) is 3.87. The van der Waals surface area contributed by atoms with Gasteiger partial charge in [0.2, 0.25) is 11.0 Å². The number of carbonyl (C=O) groups excluding carboxylic acids is 2. The highest BCUT2D eigenvalue weighted by Crippen LogP contribution is 2.20. The molecule has 0 unspecified atom stereocenters. The zero-order valence-electron chi connectivity index (χ0n) is 15.3. The van der Waals surface area contributed by atoms with Crippen LogP contribution < -0.4 is 10.7 Å². The van der Waals surface area contributed by atoms with Crippen LogP contribution in [0.2, 0.25) is 0 Å². The molecule has 0 radical (unpaired) electrons. The summed E-state index contributed by atoms with van der Waals surface area (Å²) in [7, 11) is 0. The van der Waals surface area contributed by atoms with Crippen LogP contribution in [0.3, 0.4) is 0 Å². The fourth-order valence-electron chi connectivity index (χ4n) is 2.20. The Balaban J connectivity index is 2.06. The first kappa shape index (κ1) is 19.6. The fraction of sp³-hybridized carbons (Fsp3) is 0.333. The van der Waals surface area contributed by atoms with E-state index in [4.69, 9.17) is 4.74 Å². The Morgan fingerprint density at radius 3 is 2.73 bits per heavy atom. The van der Waals surface area contributed by atoms with Crippen LogP contribution in [-0.4, -0.2) is 29.7 Å². The number of benzene rings is 1. The third kappa shape index (κ3) is 5.66. The molecule has 26 heavy (non-hydrogen) atoms. The van der Waals surface area contributed by atoms with Crippen LogP contribution in [0.15, 0.2) is 22.6 Å². The second-order valence-electron chi connectivity index (χ2n) is 5.70. The number of hydrogen-bond acceptors (Lipinski definition) is 7. The number of aromatic nitrogens is 1. The molecular formula is C18H22N4O3S. The molecule has 0 aliphatic rings. The average Bonchev–Trinajstić information content (AvgIpc) is 2.99. The molecule has 1 heterocycles. The summed E-state index contributed by atoms with van der Waals surface area (Å²) in [5, 5.41) is 9.35. The molecule has 0 atom stereocenters. The number of esters is 1. The number of hydrazone groups is 1. The van der Waals surface area contributed by atoms with Crippen molar-refractivity contribution < 1.29 is 14.3 Å². The van der Waals surface area contributed by atoms with E-state index in [1.807, 2.05) is 26.0 Å². The van der Waals surface area contributed by atoms with Gasteiger partial charge in [-0.25, -0.2) is 4.98 Å². The van der Waals surface area contributed by atoms with Crippen LogP contribution in [0.25, 0.3) is 0 Å². The molecule has 1 aromatic carbocycles. The van der Waals surface area contributed by atoms with E-state index in [-0.39, 0.29) is 18.3 Å². The van der Waals surface area contributed by atoms with Gasteiger partial charge in [-0.2, -0.15) is 5.10 Å². The van der Waals surface area contributed by atoms with Crippen molar-refractivity contribution in [1.82, 2.24) is 4.98 Å². The van der Waals surface area contributed by atoms with E-state index >= 15 is 0 Å². The normalized spacial score (nSPS) is 10.8. The van der Waals surface area contributed by atoms with Gasteiger partial charge in [0, 0.05) is 23.6 Å². The van der Waals surface area contributed by atoms with Crippen LogP contribution in [0.5, 0.6) is 0 Å². The van der Waals surface area contributed by atoms with Crippen LogP contribution >= 0.6 is 11.3 Å². The van der Waals surface area contributed by atoms with Gasteiger partial charge >= 0.3 is 5.97 Å². The average molecular weight is 374 g/mol. The van der Waals surface area contributed by atoms with Gasteiger partial charge in [-0.3, -0.25) is 15.0 Å². The van der Waals surface area contributed by atoms with Crippen LogP contribution in [0.4, 0.5) is 10.8 Å². The van der Waals surface area contributed by atoms with Crippen molar-refractivity contribution in [1.29, 1.82) is 0 Å². The molecule has 1 amide bonds. The van der Waals surface area contributed by atoms with E-state index in [1.54, 1.807) is 18.5 Å². The van der Waals surface area contributed by atoms with Gasteiger partial charge in [-0.15, -0.1) is 11.3 Å². The first-order chi connectivity index (χ1) is 12.4. The molecular weight excluding hydrogens is 352 g/mol. The number of carbonyl (C=O) groups is 2. The molecule has 0 spiro atoms. The Bertz CT molecular complexity index is 830. The van der Waals surface area contributed by atoms with E-state index < -0.39 is 0 Å². The molecule has 138 valence electrons. The summed E-state index contributed by atoms with van der Waals surface area (Å²) in [5.74, 6) is -0.442. The van der Waals surface area contributed by atoms with Gasteiger partial charge in [-0.1, -0.05) is 0 Å². The summed E-state index contributed by atoms with van der Waals surface area (Å²) in [6.07, 6.45) is 1.77. The second-order valence-corrected chi connectivity index (χ2v) is 6.56. The molecule has 0 saturated carbocycles. The lowest BCUT2D eigenvalue weighted by atomic mass is 10.0. The summed E-state index contributed by atoms with van der Waals surface area (Å²) < 4.78 is 4.90. The van der Waals surface area contributed by atoms with Crippen molar-refractivity contribution >= 4 is 40.2 Å². The van der Waals surface area contributed by atoms with Crippen molar-refractivity contribution in [3.05, 3.63) is 39.9 Å². The largest absolute Gasteiger partial charge is 0.466 e. The van der Waals surface area contributed by atoms with E-state index in [0.717, 1.165) is 16.7 Å². The topological polar surface area (TPSA) is 92.7 Å². The number of hydrogen-bond donors (Lipinski definition) is 2. The highest BCUT2D eigenvalue weighted by Gasteiger charge is 2.08. The Morgan fingerprint density at radius 2 is 2.04 bits per heavy atom. The molecule has 8 heteroatoms. The minimum Gasteiger partial charge on any atom is -0.466 e. The molecule has 0 aliphatic carbocycles. The lowest BCUT2D eigenvalue weighted by molar-refractivity contribution is -0.142. The summed E-state index contributed by atoms with van der Waals surface area (Å²) in [4.78, 5) is 27.1. The smallest absolute Gasteiger partial charge is 0.311 e. The van der Waals surface area contributed by atoms with Crippen molar-refractivity contribution in [3.63, 3.8) is 0 Å². The Hall–Kier alpha value is -2.74. The van der Waals surface area contributed by atoms with Crippen LogP contribution in [-0.2, 0) is 20.7 Å². The number of amides is 1. The lowest BCUT2D eigenvalue weighted by Gasteiger charge is -2.10.